The predicted molar refractivity (Wildman–Crippen MR) is 98.7 cm³/mol. The van der Waals surface area contributed by atoms with E-state index in [4.69, 9.17) is 25.8 Å². The second-order valence-electron chi connectivity index (χ2n) is 5.20. The van der Waals surface area contributed by atoms with Crippen LogP contribution in [0.1, 0.15) is 23.8 Å². The number of methoxy groups -OCH3 is 1. The SMILES string of the molecule is CCCOc1c(Cl)cc(/C=C2\N=C(c3cccs3)OC2=O)cc1OC. The summed E-state index contributed by atoms with van der Waals surface area (Å²) in [5, 5.41) is 2.31. The monoisotopic (exact) mass is 377 g/mol. The molecule has 0 amide bonds. The molecule has 0 fully saturated rings. The Labute approximate surface area is 154 Å². The van der Waals surface area contributed by atoms with Gasteiger partial charge in [-0.2, -0.15) is 0 Å². The van der Waals surface area contributed by atoms with Crippen LogP contribution in [-0.4, -0.2) is 25.6 Å². The molecule has 1 aliphatic rings. The fraction of sp³-hybridized carbons (Fsp3) is 0.222. The van der Waals surface area contributed by atoms with Gasteiger partial charge in [0.15, 0.2) is 17.2 Å². The summed E-state index contributed by atoms with van der Waals surface area (Å²) in [5.74, 6) is 0.809. The number of cyclic esters (lactones) is 1. The van der Waals surface area contributed by atoms with E-state index in [1.165, 1.54) is 18.4 Å². The number of benzene rings is 1. The van der Waals surface area contributed by atoms with Crippen molar-refractivity contribution in [2.24, 2.45) is 4.99 Å². The first-order valence-electron chi connectivity index (χ1n) is 7.69. The van der Waals surface area contributed by atoms with Crippen molar-refractivity contribution in [1.82, 2.24) is 0 Å². The predicted octanol–water partition coefficient (Wildman–Crippen LogP) is 4.54. The standard InChI is InChI=1S/C18H16ClNO4S/c1-3-6-23-16-12(19)8-11(10-14(16)22-2)9-13-18(21)24-17(20-13)15-5-4-7-25-15/h4-5,7-10H,3,6H2,1-2H3/b13-9-. The van der Waals surface area contributed by atoms with Gasteiger partial charge in [-0.05, 0) is 41.6 Å². The Balaban J connectivity index is 1.93. The fourth-order valence-corrected chi connectivity index (χ4v) is 3.16. The van der Waals surface area contributed by atoms with Gasteiger partial charge in [0.2, 0.25) is 5.90 Å². The molecule has 130 valence electrons. The molecule has 0 aliphatic carbocycles. The zero-order valence-corrected chi connectivity index (χ0v) is 15.3. The van der Waals surface area contributed by atoms with Gasteiger partial charge in [0, 0.05) is 0 Å². The van der Waals surface area contributed by atoms with E-state index in [-0.39, 0.29) is 5.70 Å². The quantitative estimate of drug-likeness (QED) is 0.547. The van der Waals surface area contributed by atoms with Crippen molar-refractivity contribution in [1.29, 1.82) is 0 Å². The Morgan fingerprint density at radius 1 is 1.40 bits per heavy atom. The van der Waals surface area contributed by atoms with Gasteiger partial charge >= 0.3 is 5.97 Å². The highest BCUT2D eigenvalue weighted by molar-refractivity contribution is 7.12. The second-order valence-corrected chi connectivity index (χ2v) is 6.55. The minimum absolute atomic E-state index is 0.212. The molecule has 5 nitrogen and oxygen atoms in total. The van der Waals surface area contributed by atoms with E-state index in [0.717, 1.165) is 11.3 Å². The van der Waals surface area contributed by atoms with Crippen LogP contribution in [-0.2, 0) is 9.53 Å². The van der Waals surface area contributed by atoms with Crippen molar-refractivity contribution < 1.29 is 19.0 Å². The van der Waals surface area contributed by atoms with E-state index in [0.29, 0.717) is 34.6 Å². The fourth-order valence-electron chi connectivity index (χ4n) is 2.24. The van der Waals surface area contributed by atoms with E-state index in [1.54, 1.807) is 18.2 Å². The summed E-state index contributed by atoms with van der Waals surface area (Å²) in [6, 6.07) is 7.17. The minimum atomic E-state index is -0.496. The number of rotatable bonds is 6. The van der Waals surface area contributed by atoms with Crippen LogP contribution in [0.5, 0.6) is 11.5 Å². The number of carbonyl (C=O) groups excluding carboxylic acids is 1. The number of esters is 1. The minimum Gasteiger partial charge on any atom is -0.493 e. The van der Waals surface area contributed by atoms with Crippen molar-refractivity contribution in [3.05, 3.63) is 50.8 Å². The molecule has 1 aromatic carbocycles. The Hall–Kier alpha value is -2.31. The first-order chi connectivity index (χ1) is 12.1. The second kappa shape index (κ2) is 7.72. The molecule has 25 heavy (non-hydrogen) atoms. The summed E-state index contributed by atoms with van der Waals surface area (Å²) in [7, 11) is 1.54. The molecule has 0 unspecified atom stereocenters. The van der Waals surface area contributed by atoms with E-state index in [1.807, 2.05) is 24.4 Å². The number of ether oxygens (including phenoxy) is 3. The highest BCUT2D eigenvalue weighted by atomic mass is 35.5. The van der Waals surface area contributed by atoms with Gasteiger partial charge in [0.05, 0.1) is 23.6 Å². The normalized spacial score (nSPS) is 15.2. The lowest BCUT2D eigenvalue weighted by Gasteiger charge is -2.12. The number of aliphatic imine (C=N–C) groups is 1. The van der Waals surface area contributed by atoms with Crippen molar-refractivity contribution in [3.8, 4) is 11.5 Å². The molecule has 0 radical (unpaired) electrons. The Morgan fingerprint density at radius 2 is 2.24 bits per heavy atom. The maximum absolute atomic E-state index is 12.0. The molecule has 2 aromatic rings. The molecule has 1 aromatic heterocycles. The summed E-state index contributed by atoms with van der Waals surface area (Å²) in [6.07, 6.45) is 2.47. The van der Waals surface area contributed by atoms with Gasteiger partial charge in [0.25, 0.3) is 0 Å². The molecule has 0 bridgehead atoms. The Morgan fingerprint density at radius 3 is 2.92 bits per heavy atom. The van der Waals surface area contributed by atoms with Crippen LogP contribution in [0.3, 0.4) is 0 Å². The maximum Gasteiger partial charge on any atom is 0.363 e. The number of thiophene rings is 1. The molecule has 0 atom stereocenters. The van der Waals surface area contributed by atoms with Crippen molar-refractivity contribution >= 4 is 40.9 Å². The summed E-state index contributed by atoms with van der Waals surface area (Å²) in [6.45, 7) is 2.55. The highest BCUT2D eigenvalue weighted by Crippen LogP contribution is 2.37. The van der Waals surface area contributed by atoms with E-state index >= 15 is 0 Å². The molecule has 0 saturated carbocycles. The lowest BCUT2D eigenvalue weighted by atomic mass is 10.1. The molecule has 1 aliphatic heterocycles. The largest absolute Gasteiger partial charge is 0.493 e. The number of halogens is 1. The summed E-state index contributed by atoms with van der Waals surface area (Å²) in [5.41, 5.74) is 0.887. The summed E-state index contributed by atoms with van der Waals surface area (Å²) < 4.78 is 16.2. The average molecular weight is 378 g/mol. The molecule has 0 saturated heterocycles. The van der Waals surface area contributed by atoms with Gasteiger partial charge in [-0.3, -0.25) is 0 Å². The number of nitrogens with zero attached hydrogens (tertiary/aromatic N) is 1. The molecular formula is C18H16ClNO4S. The van der Waals surface area contributed by atoms with Crippen LogP contribution >= 0.6 is 22.9 Å². The smallest absolute Gasteiger partial charge is 0.363 e. The Kier molecular flexibility index (Phi) is 5.40. The molecule has 0 N–H and O–H groups in total. The van der Waals surface area contributed by atoms with Crippen LogP contribution in [0.4, 0.5) is 0 Å². The summed E-state index contributed by atoms with van der Waals surface area (Å²) >= 11 is 7.75. The summed E-state index contributed by atoms with van der Waals surface area (Å²) in [4.78, 5) is 17.1. The third-order valence-corrected chi connectivity index (χ3v) is 4.50. The molecule has 0 spiro atoms. The third-order valence-electron chi connectivity index (χ3n) is 3.36. The maximum atomic E-state index is 12.0. The van der Waals surface area contributed by atoms with E-state index in [9.17, 15) is 4.79 Å². The average Bonchev–Trinajstić information content (AvgIpc) is 3.24. The zero-order valence-electron chi connectivity index (χ0n) is 13.7. The lowest BCUT2D eigenvalue weighted by Crippen LogP contribution is -2.03. The topological polar surface area (TPSA) is 57.1 Å². The third kappa shape index (κ3) is 3.86. The highest BCUT2D eigenvalue weighted by Gasteiger charge is 2.25. The molecule has 3 rings (SSSR count). The van der Waals surface area contributed by atoms with Crippen LogP contribution < -0.4 is 9.47 Å². The van der Waals surface area contributed by atoms with Crippen molar-refractivity contribution in [2.45, 2.75) is 13.3 Å². The van der Waals surface area contributed by atoms with Crippen LogP contribution in [0.25, 0.3) is 6.08 Å². The van der Waals surface area contributed by atoms with Gasteiger partial charge < -0.3 is 14.2 Å². The van der Waals surface area contributed by atoms with Crippen LogP contribution in [0.2, 0.25) is 5.02 Å². The van der Waals surface area contributed by atoms with Crippen molar-refractivity contribution in [3.63, 3.8) is 0 Å². The first-order valence-corrected chi connectivity index (χ1v) is 8.95. The lowest BCUT2D eigenvalue weighted by molar-refractivity contribution is -0.129. The molecular weight excluding hydrogens is 362 g/mol. The Bertz CT molecular complexity index is 843. The van der Waals surface area contributed by atoms with E-state index < -0.39 is 5.97 Å². The van der Waals surface area contributed by atoms with Crippen LogP contribution in [0.15, 0.2) is 40.3 Å². The zero-order chi connectivity index (χ0) is 17.8. The number of carbonyl (C=O) groups is 1. The number of hydrogen-bond donors (Lipinski definition) is 0. The van der Waals surface area contributed by atoms with Gasteiger partial charge in [-0.25, -0.2) is 9.79 Å². The van der Waals surface area contributed by atoms with Gasteiger partial charge in [0.1, 0.15) is 0 Å². The van der Waals surface area contributed by atoms with Crippen LogP contribution in [0, 0.1) is 0 Å². The molecule has 7 heteroatoms. The van der Waals surface area contributed by atoms with Gasteiger partial charge in [-0.1, -0.05) is 24.6 Å². The van der Waals surface area contributed by atoms with Crippen molar-refractivity contribution in [2.75, 3.05) is 13.7 Å². The molecule has 2 heterocycles. The number of hydrogen-bond acceptors (Lipinski definition) is 6. The van der Waals surface area contributed by atoms with Gasteiger partial charge in [-0.15, -0.1) is 11.3 Å². The first kappa shape index (κ1) is 17.5. The van der Waals surface area contributed by atoms with E-state index in [2.05, 4.69) is 4.99 Å².